The summed E-state index contributed by atoms with van der Waals surface area (Å²) < 4.78 is 5.41. The second-order valence-corrected chi connectivity index (χ2v) is 6.49. The highest BCUT2D eigenvalue weighted by Gasteiger charge is 2.37. The van der Waals surface area contributed by atoms with Gasteiger partial charge in [-0.05, 0) is 36.3 Å². The van der Waals surface area contributed by atoms with Crippen LogP contribution < -0.4 is 15.5 Å². The summed E-state index contributed by atoms with van der Waals surface area (Å²) in [4.78, 5) is 14.6. The lowest BCUT2D eigenvalue weighted by molar-refractivity contribution is -0.148. The number of nitrogens with one attached hydrogen (secondary N) is 2. The van der Waals surface area contributed by atoms with Crippen molar-refractivity contribution in [2.75, 3.05) is 25.6 Å². The Kier molecular flexibility index (Phi) is 6.20. The van der Waals surface area contributed by atoms with E-state index in [9.17, 15) is 4.79 Å². The normalized spacial score (nSPS) is 20.1. The highest BCUT2D eigenvalue weighted by Crippen LogP contribution is 2.31. The Morgan fingerprint density at radius 3 is 2.58 bits per heavy atom. The topological polar surface area (TPSA) is 53.6 Å². The second-order valence-electron chi connectivity index (χ2n) is 6.09. The lowest BCUT2D eigenvalue weighted by Crippen LogP contribution is -2.51. The molecule has 2 N–H and O–H groups in total. The van der Waals surface area contributed by atoms with Crippen molar-refractivity contribution in [2.24, 2.45) is 5.92 Å². The van der Waals surface area contributed by atoms with Crippen LogP contribution in [0, 0.1) is 5.92 Å². The van der Waals surface area contributed by atoms with Crippen molar-refractivity contribution in [3.8, 4) is 0 Å². The van der Waals surface area contributed by atoms with Crippen molar-refractivity contribution in [3.63, 3.8) is 0 Å². The highest BCUT2D eigenvalue weighted by molar-refractivity contribution is 7.80. The first-order valence-corrected chi connectivity index (χ1v) is 8.55. The summed E-state index contributed by atoms with van der Waals surface area (Å²) in [7, 11) is 3.98. The number of carbonyl (C=O) groups is 1. The number of ether oxygens (including phenoxy) is 1. The highest BCUT2D eigenvalue weighted by atomic mass is 32.1. The van der Waals surface area contributed by atoms with Gasteiger partial charge in [-0.2, -0.15) is 0 Å². The summed E-state index contributed by atoms with van der Waals surface area (Å²) in [5, 5.41) is 6.60. The number of esters is 1. The molecule has 1 fully saturated rings. The van der Waals surface area contributed by atoms with Crippen molar-refractivity contribution in [3.05, 3.63) is 42.1 Å². The number of anilines is 1. The van der Waals surface area contributed by atoms with Crippen LogP contribution in [0.25, 0.3) is 0 Å². The Balaban J connectivity index is 2.23. The van der Waals surface area contributed by atoms with Gasteiger partial charge in [-0.15, -0.1) is 0 Å². The molecule has 0 unspecified atom stereocenters. The second kappa shape index (κ2) is 8.15. The van der Waals surface area contributed by atoms with E-state index in [-0.39, 0.29) is 12.0 Å². The average molecular weight is 347 g/mol. The van der Waals surface area contributed by atoms with Crippen LogP contribution >= 0.6 is 12.2 Å². The summed E-state index contributed by atoms with van der Waals surface area (Å²) in [6, 6.07) is 7.76. The van der Waals surface area contributed by atoms with Crippen LogP contribution in [0.15, 0.2) is 36.5 Å². The van der Waals surface area contributed by atoms with Crippen molar-refractivity contribution in [1.29, 1.82) is 0 Å². The van der Waals surface area contributed by atoms with Crippen LogP contribution in [0.5, 0.6) is 0 Å². The SMILES string of the molecule is C=C1NC(=S)N[C@@H](c2ccc(N(C)C)cc2)[C@H]1C(=O)OCCCC. The molecule has 0 spiro atoms. The van der Waals surface area contributed by atoms with Gasteiger partial charge >= 0.3 is 5.97 Å². The van der Waals surface area contributed by atoms with Gasteiger partial charge in [0.05, 0.1) is 12.6 Å². The number of hydrogen-bond donors (Lipinski definition) is 2. The molecule has 130 valence electrons. The maximum atomic E-state index is 12.5. The Morgan fingerprint density at radius 2 is 2.00 bits per heavy atom. The summed E-state index contributed by atoms with van der Waals surface area (Å²) in [6.07, 6.45) is 1.83. The van der Waals surface area contributed by atoms with E-state index < -0.39 is 5.92 Å². The van der Waals surface area contributed by atoms with E-state index in [0.717, 1.165) is 24.1 Å². The Bertz CT molecular complexity index is 613. The van der Waals surface area contributed by atoms with Crippen molar-refractivity contribution in [2.45, 2.75) is 25.8 Å². The molecule has 2 rings (SSSR count). The average Bonchev–Trinajstić information content (AvgIpc) is 2.54. The number of thiocarbonyl (C=S) groups is 1. The molecule has 1 aliphatic heterocycles. The van der Waals surface area contributed by atoms with E-state index in [1.807, 2.05) is 43.3 Å². The number of benzene rings is 1. The fourth-order valence-electron chi connectivity index (χ4n) is 2.63. The molecule has 5 nitrogen and oxygen atoms in total. The molecule has 1 aromatic rings. The van der Waals surface area contributed by atoms with Crippen LogP contribution in [0.4, 0.5) is 5.69 Å². The number of unbranched alkanes of at least 4 members (excludes halogenated alkanes) is 1. The minimum atomic E-state index is -0.515. The molecule has 0 bridgehead atoms. The minimum Gasteiger partial charge on any atom is -0.465 e. The first-order chi connectivity index (χ1) is 11.4. The maximum Gasteiger partial charge on any atom is 0.317 e. The smallest absolute Gasteiger partial charge is 0.317 e. The van der Waals surface area contributed by atoms with Crippen molar-refractivity contribution in [1.82, 2.24) is 10.6 Å². The van der Waals surface area contributed by atoms with Gasteiger partial charge < -0.3 is 20.3 Å². The number of nitrogens with zero attached hydrogens (tertiary/aromatic N) is 1. The third-order valence-corrected chi connectivity index (χ3v) is 4.25. The molecule has 0 saturated carbocycles. The van der Waals surface area contributed by atoms with Crippen LogP contribution in [0.3, 0.4) is 0 Å². The van der Waals surface area contributed by atoms with E-state index in [4.69, 9.17) is 17.0 Å². The molecule has 1 aromatic carbocycles. The Labute approximate surface area is 149 Å². The van der Waals surface area contributed by atoms with Crippen molar-refractivity contribution < 1.29 is 9.53 Å². The summed E-state index contributed by atoms with van der Waals surface area (Å²) in [5.74, 6) is -0.795. The van der Waals surface area contributed by atoms with Gasteiger partial charge in [0.2, 0.25) is 0 Å². The first kappa shape index (κ1) is 18.3. The lowest BCUT2D eigenvalue weighted by atomic mass is 9.89. The maximum absolute atomic E-state index is 12.5. The largest absolute Gasteiger partial charge is 0.465 e. The molecule has 2 atom stereocenters. The molecule has 0 amide bonds. The van der Waals surface area contributed by atoms with Gasteiger partial charge in [-0.3, -0.25) is 4.79 Å². The number of hydrogen-bond acceptors (Lipinski definition) is 4. The zero-order valence-electron chi connectivity index (χ0n) is 14.5. The van der Waals surface area contributed by atoms with Crippen LogP contribution in [0.1, 0.15) is 31.4 Å². The summed E-state index contributed by atoms with van der Waals surface area (Å²) in [6.45, 7) is 6.46. The van der Waals surface area contributed by atoms with Crippen LogP contribution in [-0.4, -0.2) is 31.8 Å². The predicted molar refractivity (Wildman–Crippen MR) is 101 cm³/mol. The molecular formula is C18H25N3O2S. The van der Waals surface area contributed by atoms with Crippen molar-refractivity contribution >= 4 is 29.0 Å². The fraction of sp³-hybridized carbons (Fsp3) is 0.444. The van der Waals surface area contributed by atoms with Gasteiger partial charge in [0.25, 0.3) is 0 Å². The summed E-state index contributed by atoms with van der Waals surface area (Å²) in [5.41, 5.74) is 2.64. The van der Waals surface area contributed by atoms with Gasteiger partial charge in [0, 0.05) is 25.5 Å². The van der Waals surface area contributed by atoms with E-state index in [2.05, 4.69) is 24.1 Å². The zero-order valence-corrected chi connectivity index (χ0v) is 15.3. The molecule has 1 aliphatic rings. The molecule has 0 aromatic heterocycles. The van der Waals surface area contributed by atoms with Gasteiger partial charge in [0.15, 0.2) is 5.11 Å². The molecule has 0 aliphatic carbocycles. The van der Waals surface area contributed by atoms with Crippen LogP contribution in [-0.2, 0) is 9.53 Å². The molecule has 1 heterocycles. The van der Waals surface area contributed by atoms with E-state index in [1.165, 1.54) is 0 Å². The standard InChI is InChI=1S/C18H25N3O2S/c1-5-6-11-23-17(22)15-12(2)19-18(24)20-16(15)13-7-9-14(10-8-13)21(3)4/h7-10,15-16H,2,5-6,11H2,1,3-4H3,(H2,19,20,24)/t15-,16-/m0/s1. The zero-order chi connectivity index (χ0) is 17.7. The lowest BCUT2D eigenvalue weighted by Gasteiger charge is -2.35. The van der Waals surface area contributed by atoms with Gasteiger partial charge in [0.1, 0.15) is 5.92 Å². The van der Waals surface area contributed by atoms with Gasteiger partial charge in [-0.1, -0.05) is 32.1 Å². The molecule has 24 heavy (non-hydrogen) atoms. The number of rotatable bonds is 6. The van der Waals surface area contributed by atoms with E-state index in [1.54, 1.807) is 0 Å². The Morgan fingerprint density at radius 1 is 1.33 bits per heavy atom. The third-order valence-electron chi connectivity index (χ3n) is 4.03. The first-order valence-electron chi connectivity index (χ1n) is 8.14. The van der Waals surface area contributed by atoms with E-state index >= 15 is 0 Å². The molecule has 1 saturated heterocycles. The Hall–Kier alpha value is -2.08. The predicted octanol–water partition coefficient (Wildman–Crippen LogP) is 2.74. The van der Waals surface area contributed by atoms with E-state index in [0.29, 0.717) is 17.4 Å². The fourth-order valence-corrected chi connectivity index (χ4v) is 2.88. The molecule has 6 heteroatoms. The third kappa shape index (κ3) is 4.26. The quantitative estimate of drug-likeness (QED) is 0.469. The minimum absolute atomic E-state index is 0.280. The molecule has 0 radical (unpaired) electrons. The molecular weight excluding hydrogens is 322 g/mol. The van der Waals surface area contributed by atoms with Crippen LogP contribution in [0.2, 0.25) is 0 Å². The monoisotopic (exact) mass is 347 g/mol. The number of carbonyl (C=O) groups excluding carboxylic acids is 1. The van der Waals surface area contributed by atoms with Gasteiger partial charge in [-0.25, -0.2) is 0 Å². The summed E-state index contributed by atoms with van der Waals surface area (Å²) >= 11 is 5.23.